The molecule has 3 aromatic rings. The van der Waals surface area contributed by atoms with E-state index in [1.807, 2.05) is 6.92 Å². The first-order valence-electron chi connectivity index (χ1n) is 13.9. The fraction of sp³-hybridized carbons (Fsp3) is 0.520. The Morgan fingerprint density at radius 3 is 2.69 bits per heavy atom. The maximum atomic E-state index is 15.2. The highest BCUT2D eigenvalue weighted by molar-refractivity contribution is 7.63. The number of unbranched alkanes of at least 4 members (excludes halogenated alkanes) is 3. The number of hydrogen-bond acceptors (Lipinski definition) is 13. The summed E-state index contributed by atoms with van der Waals surface area (Å²) in [4.78, 5) is 34.7. The van der Waals surface area contributed by atoms with E-state index in [2.05, 4.69) is 20.0 Å². The average molecular weight is 695 g/mol. The van der Waals surface area contributed by atoms with Crippen molar-refractivity contribution < 1.29 is 51.1 Å². The van der Waals surface area contributed by atoms with E-state index >= 15 is 4.39 Å². The van der Waals surface area contributed by atoms with Crippen LogP contribution in [-0.4, -0.2) is 73.1 Å². The van der Waals surface area contributed by atoms with Gasteiger partial charge in [0, 0.05) is 0 Å². The fourth-order valence-corrected chi connectivity index (χ4v) is 7.43. The molecule has 0 spiro atoms. The van der Waals surface area contributed by atoms with Gasteiger partial charge in [-0.05, 0) is 37.1 Å². The second kappa shape index (κ2) is 15.2. The van der Waals surface area contributed by atoms with E-state index in [-0.39, 0.29) is 34.6 Å². The van der Waals surface area contributed by atoms with Crippen molar-refractivity contribution in [1.82, 2.24) is 24.6 Å². The number of anilines is 1. The molecule has 7 atom stereocenters. The summed E-state index contributed by atoms with van der Waals surface area (Å²) in [7, 11) is -10.1. The molecule has 45 heavy (non-hydrogen) atoms. The highest BCUT2D eigenvalue weighted by atomic mass is 35.5. The van der Waals surface area contributed by atoms with Gasteiger partial charge in [0.15, 0.2) is 23.9 Å². The Hall–Kier alpha value is -2.72. The molecule has 3 heterocycles. The van der Waals surface area contributed by atoms with Gasteiger partial charge in [0.25, 0.3) is 0 Å². The molecule has 16 nitrogen and oxygen atoms in total. The quantitative estimate of drug-likeness (QED) is 0.0718. The minimum atomic E-state index is -5.29. The molecular weight excluding hydrogens is 661 g/mol. The average Bonchev–Trinajstić information content (AvgIpc) is 3.52. The molecule has 1 aliphatic heterocycles. The molecule has 1 fully saturated rings. The van der Waals surface area contributed by atoms with Gasteiger partial charge in [0.2, 0.25) is 5.28 Å². The third-order valence-electron chi connectivity index (χ3n) is 6.52. The molecule has 20 heteroatoms. The summed E-state index contributed by atoms with van der Waals surface area (Å²) in [6.07, 6.45) is -2.34. The van der Waals surface area contributed by atoms with Crippen molar-refractivity contribution in [3.05, 3.63) is 41.9 Å². The number of ether oxygens (including phenoxy) is 2. The van der Waals surface area contributed by atoms with Crippen LogP contribution in [0.25, 0.3) is 11.2 Å². The zero-order chi connectivity index (χ0) is 32.8. The van der Waals surface area contributed by atoms with Crippen LogP contribution in [0.4, 0.5) is 10.2 Å². The lowest BCUT2D eigenvalue weighted by Crippen LogP contribution is -2.35. The van der Waals surface area contributed by atoms with Crippen molar-refractivity contribution >= 4 is 50.1 Å². The summed E-state index contributed by atoms with van der Waals surface area (Å²) in [6, 6.07) is 6.23. The number of rotatable bonds is 16. The Kier molecular flexibility index (Phi) is 11.9. The summed E-state index contributed by atoms with van der Waals surface area (Å²) in [6.45, 7) is 2.57. The van der Waals surface area contributed by atoms with Crippen molar-refractivity contribution in [3.8, 4) is 5.75 Å². The number of phosphoric ester groups is 1. The Morgan fingerprint density at radius 2 is 1.98 bits per heavy atom. The predicted octanol–water partition coefficient (Wildman–Crippen LogP) is 4.08. The molecule has 3 unspecified atom stereocenters. The maximum absolute atomic E-state index is 15.2. The Morgan fingerprint density at radius 1 is 1.24 bits per heavy atom. The van der Waals surface area contributed by atoms with Crippen LogP contribution < -0.4 is 15.3 Å². The molecule has 1 aliphatic rings. The number of phosphoric acid groups is 1. The lowest BCUT2D eigenvalue weighted by molar-refractivity contribution is -0.145. The largest absolute Gasteiger partial charge is 0.481 e. The number of carbonyl (C=O) groups is 1. The number of aliphatic hydroxyl groups excluding tert-OH is 1. The van der Waals surface area contributed by atoms with Crippen LogP contribution in [0.1, 0.15) is 45.8 Å². The number of benzene rings is 1. The van der Waals surface area contributed by atoms with Gasteiger partial charge in [-0.25, -0.2) is 18.5 Å². The number of fused-ring (bicyclic) bond motifs is 1. The number of nitrogens with zero attached hydrogens (tertiary/aromatic N) is 4. The number of aliphatic hydroxyl groups is 1. The SMILES string of the molecule is CCCCCCOC(=O)[C@H](C)NP(=O)(Oc1ccccc1)OP(=O)(O)OC[C@H]1O[C@@H](n2cnc3c(N)nc(Cl)nc32)[C@H](F)C1O. The van der Waals surface area contributed by atoms with Crippen LogP contribution in [-0.2, 0) is 32.2 Å². The summed E-state index contributed by atoms with van der Waals surface area (Å²) in [5, 5.41) is 12.5. The monoisotopic (exact) mass is 694 g/mol. The fourth-order valence-electron chi connectivity index (χ4n) is 4.29. The van der Waals surface area contributed by atoms with E-state index in [9.17, 15) is 23.9 Å². The van der Waals surface area contributed by atoms with E-state index in [1.165, 1.54) is 19.1 Å². The number of para-hydroxylation sites is 1. The third-order valence-corrected chi connectivity index (χ3v) is 10.0. The van der Waals surface area contributed by atoms with Crippen molar-refractivity contribution in [2.75, 3.05) is 18.9 Å². The van der Waals surface area contributed by atoms with E-state index in [0.717, 1.165) is 30.2 Å². The first-order valence-corrected chi connectivity index (χ1v) is 17.3. The van der Waals surface area contributed by atoms with Gasteiger partial charge in [-0.3, -0.25) is 13.9 Å². The van der Waals surface area contributed by atoms with E-state index in [0.29, 0.717) is 6.42 Å². The molecule has 0 bridgehead atoms. The topological polar surface area (TPSA) is 219 Å². The maximum Gasteiger partial charge on any atom is 0.481 e. The molecule has 0 radical (unpaired) electrons. The van der Waals surface area contributed by atoms with Gasteiger partial charge in [-0.15, -0.1) is 0 Å². The van der Waals surface area contributed by atoms with Crippen molar-refractivity contribution in [2.45, 2.75) is 70.2 Å². The summed E-state index contributed by atoms with van der Waals surface area (Å²) < 4.78 is 68.9. The number of nitrogens with two attached hydrogens (primary N) is 1. The molecule has 248 valence electrons. The second-order valence-corrected chi connectivity index (χ2v) is 13.7. The number of nitrogens with one attached hydrogen (secondary N) is 1. The molecule has 1 aromatic carbocycles. The summed E-state index contributed by atoms with van der Waals surface area (Å²) in [5.41, 5.74) is 5.91. The van der Waals surface area contributed by atoms with Gasteiger partial charge in [-0.1, -0.05) is 44.4 Å². The minimum Gasteiger partial charge on any atom is -0.465 e. The zero-order valence-electron chi connectivity index (χ0n) is 24.3. The molecule has 5 N–H and O–H groups in total. The van der Waals surface area contributed by atoms with E-state index < -0.39 is 58.8 Å². The number of halogens is 2. The number of imidazole rings is 1. The Labute approximate surface area is 262 Å². The van der Waals surface area contributed by atoms with Crippen LogP contribution >= 0.6 is 27.2 Å². The molecular formula is C25H34ClFN6O10P2. The molecule has 0 amide bonds. The lowest BCUT2D eigenvalue weighted by Gasteiger charge is -2.24. The van der Waals surface area contributed by atoms with Crippen LogP contribution in [0.2, 0.25) is 5.28 Å². The highest BCUT2D eigenvalue weighted by Gasteiger charge is 2.48. The van der Waals surface area contributed by atoms with Crippen molar-refractivity contribution in [2.24, 2.45) is 0 Å². The molecule has 0 saturated carbocycles. The number of aromatic nitrogens is 4. The highest BCUT2D eigenvalue weighted by Crippen LogP contribution is 2.60. The summed E-state index contributed by atoms with van der Waals surface area (Å²) >= 11 is 5.86. The Bertz CT molecular complexity index is 1560. The number of esters is 1. The normalized spacial score (nSPS) is 23.3. The number of carbonyl (C=O) groups excluding carboxylic acids is 1. The van der Waals surface area contributed by atoms with Crippen molar-refractivity contribution in [3.63, 3.8) is 0 Å². The number of nitrogen functional groups attached to an aromatic ring is 1. The molecule has 0 aliphatic carbocycles. The molecule has 1 saturated heterocycles. The van der Waals surface area contributed by atoms with E-state index in [1.54, 1.807) is 18.2 Å². The zero-order valence-corrected chi connectivity index (χ0v) is 26.8. The third kappa shape index (κ3) is 9.18. The van der Waals surface area contributed by atoms with Crippen LogP contribution in [0.3, 0.4) is 0 Å². The minimum absolute atomic E-state index is 0.0174. The molecule has 2 aromatic heterocycles. The van der Waals surface area contributed by atoms with Gasteiger partial charge >= 0.3 is 21.5 Å². The molecule has 4 rings (SSSR count). The smallest absolute Gasteiger partial charge is 0.465 e. The Balaban J connectivity index is 1.43. The van der Waals surface area contributed by atoms with Gasteiger partial charge in [-0.2, -0.15) is 19.4 Å². The summed E-state index contributed by atoms with van der Waals surface area (Å²) in [5.74, 6) is -0.895. The first kappa shape index (κ1) is 35.1. The second-order valence-electron chi connectivity index (χ2n) is 10.0. The van der Waals surface area contributed by atoms with Gasteiger partial charge in [0.05, 0.1) is 19.5 Å². The van der Waals surface area contributed by atoms with Gasteiger partial charge in [0.1, 0.15) is 29.5 Å². The van der Waals surface area contributed by atoms with Gasteiger partial charge < -0.3 is 29.7 Å². The lowest BCUT2D eigenvalue weighted by atomic mass is 10.1. The number of hydrogen-bond donors (Lipinski definition) is 4. The van der Waals surface area contributed by atoms with Crippen LogP contribution in [0, 0.1) is 0 Å². The number of alkyl halides is 1. The van der Waals surface area contributed by atoms with E-state index in [4.69, 9.17) is 40.2 Å². The van der Waals surface area contributed by atoms with Crippen LogP contribution in [0.15, 0.2) is 36.7 Å². The standard InChI is InChI=1S/C25H34ClFN6O10P2/c1-3-4-5-9-12-39-24(35)15(2)32-44(36,42-16-10-7-6-8-11-16)43-45(37,38)40-13-17-20(34)18(27)23(41-17)33-14-29-19-21(28)30-25(26)31-22(19)33/h6-8,10-11,14-15,17-18,20,23,34H,3-5,9,12-13H2,1-2H3,(H,32,36)(H,37,38)(H2,28,30,31)/t15-,17+,18+,20?,23+,44?/m0/s1. The predicted molar refractivity (Wildman–Crippen MR) is 159 cm³/mol. The van der Waals surface area contributed by atoms with Crippen LogP contribution in [0.5, 0.6) is 5.75 Å². The van der Waals surface area contributed by atoms with Crippen molar-refractivity contribution in [1.29, 1.82) is 0 Å². The first-order chi connectivity index (χ1) is 21.3.